The van der Waals surface area contributed by atoms with Gasteiger partial charge in [-0.1, -0.05) is 42.5 Å². The highest BCUT2D eigenvalue weighted by atomic mass is 35.5. The van der Waals surface area contributed by atoms with E-state index in [1.807, 2.05) is 6.92 Å². The Labute approximate surface area is 164 Å². The van der Waals surface area contributed by atoms with E-state index in [2.05, 4.69) is 5.32 Å². The normalized spacial score (nSPS) is 15.4. The predicted octanol–water partition coefficient (Wildman–Crippen LogP) is 4.66. The highest BCUT2D eigenvalue weighted by Crippen LogP contribution is 2.30. The molecule has 1 N–H and O–H groups in total. The zero-order chi connectivity index (χ0) is 18.7. The van der Waals surface area contributed by atoms with Crippen LogP contribution in [0.15, 0.2) is 39.7 Å². The van der Waals surface area contributed by atoms with E-state index in [1.54, 1.807) is 36.4 Å². The summed E-state index contributed by atoms with van der Waals surface area (Å²) in [6.45, 7) is 2.25. The molecule has 26 heavy (non-hydrogen) atoms. The highest BCUT2D eigenvalue weighted by molar-refractivity contribution is 8.26. The van der Waals surface area contributed by atoms with Crippen LogP contribution in [0.2, 0.25) is 5.02 Å². The van der Waals surface area contributed by atoms with Crippen molar-refractivity contribution in [2.24, 2.45) is 0 Å². The summed E-state index contributed by atoms with van der Waals surface area (Å²) in [4.78, 5) is 24.3. The summed E-state index contributed by atoms with van der Waals surface area (Å²) >= 11 is 12.2. The number of carbonyl (C=O) groups is 2. The van der Waals surface area contributed by atoms with Crippen LogP contribution in [0.1, 0.15) is 29.5 Å². The van der Waals surface area contributed by atoms with Crippen LogP contribution in [0.25, 0.3) is 17.4 Å². The Hall–Kier alpha value is -2.09. The van der Waals surface area contributed by atoms with Gasteiger partial charge in [0.1, 0.15) is 15.8 Å². The monoisotopic (exact) mass is 407 g/mol. The Kier molecular flexibility index (Phi) is 5.80. The first kappa shape index (κ1) is 18.7. The van der Waals surface area contributed by atoms with Gasteiger partial charge >= 0.3 is 5.97 Å². The number of thioether (sulfide) groups is 1. The number of hydrogen-bond donors (Lipinski definition) is 1. The first-order valence-electron chi connectivity index (χ1n) is 7.79. The Morgan fingerprint density at radius 1 is 1.38 bits per heavy atom. The molecule has 1 saturated heterocycles. The van der Waals surface area contributed by atoms with Gasteiger partial charge in [-0.2, -0.15) is 0 Å². The molecule has 134 valence electrons. The van der Waals surface area contributed by atoms with Gasteiger partial charge < -0.3 is 14.5 Å². The minimum atomic E-state index is -0.472. The van der Waals surface area contributed by atoms with Gasteiger partial charge in [0.15, 0.2) is 0 Å². The second-order valence-corrected chi connectivity index (χ2v) is 7.51. The number of furan rings is 1. The lowest BCUT2D eigenvalue weighted by atomic mass is 10.1. The van der Waals surface area contributed by atoms with E-state index in [-0.39, 0.29) is 11.5 Å². The SMILES string of the molecule is CCCOC(=O)c1cc(-c2ccc(C=C3SC(=S)NC3=O)o2)ccc1Cl. The molecule has 1 amide bonds. The van der Waals surface area contributed by atoms with E-state index in [9.17, 15) is 9.59 Å². The molecule has 8 heteroatoms. The number of halogens is 1. The lowest BCUT2D eigenvalue weighted by Gasteiger charge is -2.06. The molecule has 2 aromatic rings. The number of ether oxygens (including phenoxy) is 1. The molecule has 0 aliphatic carbocycles. The van der Waals surface area contributed by atoms with E-state index >= 15 is 0 Å². The molecule has 0 atom stereocenters. The van der Waals surface area contributed by atoms with E-state index in [0.29, 0.717) is 37.9 Å². The van der Waals surface area contributed by atoms with Gasteiger partial charge in [-0.15, -0.1) is 0 Å². The second kappa shape index (κ2) is 8.07. The van der Waals surface area contributed by atoms with Crippen LogP contribution in [0, 0.1) is 0 Å². The van der Waals surface area contributed by atoms with Gasteiger partial charge in [0, 0.05) is 11.6 Å². The standard InChI is InChI=1S/C18H14ClNO4S2/c1-2-7-23-17(22)12-8-10(3-5-13(12)19)14-6-4-11(24-14)9-15-16(21)20-18(25)26-15/h3-6,8-9H,2,7H2,1H3,(H,20,21,25). The van der Waals surface area contributed by atoms with Crippen molar-refractivity contribution < 1.29 is 18.7 Å². The molecule has 1 aliphatic rings. The fourth-order valence-electron chi connectivity index (χ4n) is 2.24. The Morgan fingerprint density at radius 3 is 2.88 bits per heavy atom. The van der Waals surface area contributed by atoms with Gasteiger partial charge in [-0.05, 0) is 36.8 Å². The smallest absolute Gasteiger partial charge is 0.339 e. The van der Waals surface area contributed by atoms with Crippen LogP contribution >= 0.6 is 35.6 Å². The molecular formula is C18H14ClNO4S2. The van der Waals surface area contributed by atoms with Crippen LogP contribution in [0.3, 0.4) is 0 Å². The molecule has 1 fully saturated rings. The van der Waals surface area contributed by atoms with Crippen molar-refractivity contribution in [2.75, 3.05) is 6.61 Å². The molecule has 0 bridgehead atoms. The quantitative estimate of drug-likeness (QED) is 0.442. The topological polar surface area (TPSA) is 68.5 Å². The van der Waals surface area contributed by atoms with Gasteiger partial charge in [0.2, 0.25) is 0 Å². The molecule has 5 nitrogen and oxygen atoms in total. The summed E-state index contributed by atoms with van der Waals surface area (Å²) in [5, 5.41) is 2.86. The number of amides is 1. The molecule has 2 heterocycles. The van der Waals surface area contributed by atoms with Crippen molar-refractivity contribution in [3.63, 3.8) is 0 Å². The molecule has 0 spiro atoms. The molecule has 0 saturated carbocycles. The van der Waals surface area contributed by atoms with Crippen LogP contribution < -0.4 is 5.32 Å². The third kappa shape index (κ3) is 4.17. The summed E-state index contributed by atoms with van der Waals surface area (Å²) < 4.78 is 11.3. The van der Waals surface area contributed by atoms with E-state index < -0.39 is 5.97 Å². The van der Waals surface area contributed by atoms with Crippen LogP contribution in [-0.4, -0.2) is 22.8 Å². The summed E-state index contributed by atoms with van der Waals surface area (Å²) in [5.41, 5.74) is 0.964. The van der Waals surface area contributed by atoms with Crippen molar-refractivity contribution in [3.8, 4) is 11.3 Å². The molecule has 0 radical (unpaired) electrons. The summed E-state index contributed by atoms with van der Waals surface area (Å²) in [6.07, 6.45) is 2.35. The van der Waals surface area contributed by atoms with Gasteiger partial charge in [0.05, 0.1) is 22.1 Å². The van der Waals surface area contributed by atoms with Crippen molar-refractivity contribution in [1.29, 1.82) is 0 Å². The Morgan fingerprint density at radius 2 is 2.19 bits per heavy atom. The van der Waals surface area contributed by atoms with E-state index in [4.69, 9.17) is 33.0 Å². The fourth-order valence-corrected chi connectivity index (χ4v) is 3.46. The Balaban J connectivity index is 1.85. The molecule has 0 unspecified atom stereocenters. The van der Waals surface area contributed by atoms with Crippen molar-refractivity contribution >= 4 is 57.9 Å². The third-order valence-corrected chi connectivity index (χ3v) is 4.94. The van der Waals surface area contributed by atoms with Crippen molar-refractivity contribution in [3.05, 3.63) is 51.6 Å². The molecule has 1 aliphatic heterocycles. The minimum Gasteiger partial charge on any atom is -0.462 e. The third-order valence-electron chi connectivity index (χ3n) is 3.45. The minimum absolute atomic E-state index is 0.245. The van der Waals surface area contributed by atoms with Gasteiger partial charge in [0.25, 0.3) is 5.91 Å². The fraction of sp³-hybridized carbons (Fsp3) is 0.167. The van der Waals surface area contributed by atoms with Gasteiger partial charge in [-0.25, -0.2) is 4.79 Å². The first-order chi connectivity index (χ1) is 12.5. The van der Waals surface area contributed by atoms with Crippen LogP contribution in [0.4, 0.5) is 0 Å². The van der Waals surface area contributed by atoms with Crippen molar-refractivity contribution in [1.82, 2.24) is 5.32 Å². The van der Waals surface area contributed by atoms with E-state index in [1.165, 1.54) is 11.8 Å². The number of hydrogen-bond acceptors (Lipinski definition) is 6. The van der Waals surface area contributed by atoms with Gasteiger partial charge in [-0.3, -0.25) is 4.79 Å². The maximum Gasteiger partial charge on any atom is 0.339 e. The first-order valence-corrected chi connectivity index (χ1v) is 9.40. The molecular weight excluding hydrogens is 394 g/mol. The predicted molar refractivity (Wildman–Crippen MR) is 106 cm³/mol. The molecule has 3 rings (SSSR count). The number of carbonyl (C=O) groups excluding carboxylic acids is 2. The average molecular weight is 408 g/mol. The number of esters is 1. The maximum atomic E-state index is 12.1. The lowest BCUT2D eigenvalue weighted by molar-refractivity contribution is -0.115. The zero-order valence-corrected chi connectivity index (χ0v) is 16.1. The lowest BCUT2D eigenvalue weighted by Crippen LogP contribution is -2.17. The molecule has 1 aromatic heterocycles. The number of benzene rings is 1. The number of rotatable bonds is 5. The maximum absolute atomic E-state index is 12.1. The zero-order valence-electron chi connectivity index (χ0n) is 13.7. The summed E-state index contributed by atoms with van der Waals surface area (Å²) in [6, 6.07) is 8.50. The van der Waals surface area contributed by atoms with Crippen LogP contribution in [0.5, 0.6) is 0 Å². The average Bonchev–Trinajstić information content (AvgIpc) is 3.20. The molecule has 1 aromatic carbocycles. The Bertz CT molecular complexity index is 920. The highest BCUT2D eigenvalue weighted by Gasteiger charge is 2.22. The summed E-state index contributed by atoms with van der Waals surface area (Å²) in [5.74, 6) is 0.335. The second-order valence-electron chi connectivity index (χ2n) is 5.38. The van der Waals surface area contributed by atoms with E-state index in [0.717, 1.165) is 6.42 Å². The number of thiocarbonyl (C=S) groups is 1. The van der Waals surface area contributed by atoms with Crippen LogP contribution in [-0.2, 0) is 9.53 Å². The number of nitrogens with one attached hydrogen (secondary N) is 1. The largest absolute Gasteiger partial charge is 0.462 e. The van der Waals surface area contributed by atoms with Crippen molar-refractivity contribution in [2.45, 2.75) is 13.3 Å². The summed E-state index contributed by atoms with van der Waals surface area (Å²) in [7, 11) is 0.